The Bertz CT molecular complexity index is 1210. The van der Waals surface area contributed by atoms with Crippen molar-refractivity contribution < 1.29 is 9.15 Å². The highest BCUT2D eigenvalue weighted by molar-refractivity contribution is 7.99. The Labute approximate surface area is 175 Å². The maximum absolute atomic E-state index is 12.1. The number of hydrogen-bond acceptors (Lipinski definition) is 9. The van der Waals surface area contributed by atoms with Gasteiger partial charge in [0.15, 0.2) is 12.0 Å². The zero-order chi connectivity index (χ0) is 20.3. The summed E-state index contributed by atoms with van der Waals surface area (Å²) in [7, 11) is 0. The molecule has 10 heteroatoms. The van der Waals surface area contributed by atoms with E-state index < -0.39 is 5.69 Å². The number of thioether (sulfide) groups is 1. The molecular weight excluding hydrogens is 404 g/mol. The van der Waals surface area contributed by atoms with Crippen molar-refractivity contribution in [3.63, 3.8) is 0 Å². The number of rotatable bonds is 5. The minimum Gasteiger partial charge on any atom is -0.443 e. The Morgan fingerprint density at radius 2 is 2.07 bits per heavy atom. The second-order valence-corrected chi connectivity index (χ2v) is 7.87. The van der Waals surface area contributed by atoms with Crippen LogP contribution in [0.3, 0.4) is 0 Å². The van der Waals surface area contributed by atoms with Crippen LogP contribution in [0.1, 0.15) is 0 Å². The van der Waals surface area contributed by atoms with Crippen LogP contribution >= 0.6 is 11.8 Å². The molecule has 0 saturated carbocycles. The van der Waals surface area contributed by atoms with Gasteiger partial charge in [-0.3, -0.25) is 4.98 Å². The second-order valence-electron chi connectivity index (χ2n) is 6.64. The molecule has 9 nitrogen and oxygen atoms in total. The van der Waals surface area contributed by atoms with Crippen molar-refractivity contribution in [2.75, 3.05) is 29.9 Å². The second kappa shape index (κ2) is 8.17. The molecule has 2 aromatic carbocycles. The molecule has 2 aromatic heterocycles. The molecule has 3 heterocycles. The number of nitrogens with zero attached hydrogens (tertiary/aromatic N) is 4. The number of morpholine rings is 1. The molecule has 30 heavy (non-hydrogen) atoms. The van der Waals surface area contributed by atoms with E-state index >= 15 is 0 Å². The number of aromatic nitrogens is 4. The van der Waals surface area contributed by atoms with E-state index in [4.69, 9.17) is 9.15 Å². The molecule has 2 N–H and O–H groups in total. The molecule has 0 aliphatic carbocycles. The number of fused-ring (bicyclic) bond motifs is 1. The van der Waals surface area contributed by atoms with E-state index in [1.165, 1.54) is 6.39 Å². The smallest absolute Gasteiger partial charge is 0.351 e. The van der Waals surface area contributed by atoms with Gasteiger partial charge < -0.3 is 19.4 Å². The number of hydrogen-bond donors (Lipinski definition) is 2. The fourth-order valence-electron chi connectivity index (χ4n) is 3.17. The van der Waals surface area contributed by atoms with Gasteiger partial charge >= 0.3 is 5.69 Å². The molecular formula is C20H18N6O3S. The summed E-state index contributed by atoms with van der Waals surface area (Å²) in [5.74, 6) is 0.673. The number of anilines is 3. The lowest BCUT2D eigenvalue weighted by molar-refractivity contribution is 0.0976. The van der Waals surface area contributed by atoms with E-state index in [1.807, 2.05) is 47.4 Å². The summed E-state index contributed by atoms with van der Waals surface area (Å²) >= 11 is 1.64. The van der Waals surface area contributed by atoms with Crippen molar-refractivity contribution in [3.05, 3.63) is 65.4 Å². The summed E-state index contributed by atoms with van der Waals surface area (Å²) < 4.78 is 11.2. The Morgan fingerprint density at radius 1 is 1.17 bits per heavy atom. The van der Waals surface area contributed by atoms with Crippen LogP contribution in [0.2, 0.25) is 0 Å². The normalized spacial score (nSPS) is 16.7. The molecule has 1 aliphatic rings. The van der Waals surface area contributed by atoms with E-state index in [0.29, 0.717) is 37.2 Å². The molecule has 1 atom stereocenters. The number of benzene rings is 2. The van der Waals surface area contributed by atoms with Gasteiger partial charge in [0.1, 0.15) is 11.0 Å². The number of ether oxygens (including phenoxy) is 1. The first kappa shape index (κ1) is 18.6. The summed E-state index contributed by atoms with van der Waals surface area (Å²) in [6, 6.07) is 15.5. The van der Waals surface area contributed by atoms with E-state index in [0.717, 1.165) is 16.1 Å². The fourth-order valence-corrected chi connectivity index (χ4v) is 4.20. The van der Waals surface area contributed by atoms with E-state index in [9.17, 15) is 4.79 Å². The molecule has 0 bridgehead atoms. The van der Waals surface area contributed by atoms with Crippen LogP contribution < -0.4 is 15.9 Å². The van der Waals surface area contributed by atoms with Crippen molar-refractivity contribution >= 4 is 40.4 Å². The predicted molar refractivity (Wildman–Crippen MR) is 114 cm³/mol. The molecule has 1 fully saturated rings. The molecule has 152 valence electrons. The first-order valence-electron chi connectivity index (χ1n) is 9.40. The largest absolute Gasteiger partial charge is 0.443 e. The lowest BCUT2D eigenvalue weighted by Crippen LogP contribution is -2.42. The van der Waals surface area contributed by atoms with Gasteiger partial charge in [-0.25, -0.2) is 9.78 Å². The maximum atomic E-state index is 12.1. The highest BCUT2D eigenvalue weighted by Crippen LogP contribution is 2.27. The van der Waals surface area contributed by atoms with Crippen molar-refractivity contribution in [3.8, 4) is 0 Å². The van der Waals surface area contributed by atoms with Gasteiger partial charge in [-0.2, -0.15) is 9.97 Å². The third kappa shape index (κ3) is 4.14. The quantitative estimate of drug-likeness (QED) is 0.501. The third-order valence-corrected chi connectivity index (χ3v) is 5.65. The standard InChI is InChI=1S/C20H18N6O3S/c27-20-24-18(22-13-6-7-15-16(10-13)29-12-21-15)23-19(25-20)26-8-9-28-17(11-26)30-14-4-2-1-3-5-14/h1-7,10,12,17H,8-9,11H2,(H2,22,23,24,25,27). The zero-order valence-corrected chi connectivity index (χ0v) is 16.6. The zero-order valence-electron chi connectivity index (χ0n) is 15.8. The van der Waals surface area contributed by atoms with Gasteiger partial charge in [-0.15, -0.1) is 0 Å². The first-order chi connectivity index (χ1) is 14.7. The molecule has 4 aromatic rings. The SMILES string of the molecule is O=c1nc(N2CCOC(Sc3ccccc3)C2)nc(Nc2ccc3ncoc3c2)[nH]1. The van der Waals surface area contributed by atoms with Crippen molar-refractivity contribution in [2.24, 2.45) is 0 Å². The number of aromatic amines is 1. The van der Waals surface area contributed by atoms with E-state index in [2.05, 4.69) is 25.3 Å². The minimum atomic E-state index is -0.470. The van der Waals surface area contributed by atoms with Crippen LogP contribution in [0.4, 0.5) is 17.6 Å². The van der Waals surface area contributed by atoms with Crippen LogP contribution in [0, 0.1) is 0 Å². The molecule has 1 aliphatic heterocycles. The van der Waals surface area contributed by atoms with E-state index in [-0.39, 0.29) is 5.44 Å². The molecule has 0 spiro atoms. The van der Waals surface area contributed by atoms with Gasteiger partial charge in [0.25, 0.3) is 0 Å². The van der Waals surface area contributed by atoms with Crippen LogP contribution in [-0.4, -0.2) is 45.1 Å². The fraction of sp³-hybridized carbons (Fsp3) is 0.200. The molecule has 1 unspecified atom stereocenters. The average molecular weight is 422 g/mol. The number of H-pyrrole nitrogens is 1. The molecule has 5 rings (SSSR count). The Balaban J connectivity index is 1.34. The van der Waals surface area contributed by atoms with Crippen molar-refractivity contribution in [1.82, 2.24) is 19.9 Å². The number of nitrogens with one attached hydrogen (secondary N) is 2. The summed E-state index contributed by atoms with van der Waals surface area (Å²) in [4.78, 5) is 30.5. The average Bonchev–Trinajstić information content (AvgIpc) is 3.22. The first-order valence-corrected chi connectivity index (χ1v) is 10.3. The highest BCUT2D eigenvalue weighted by atomic mass is 32.2. The third-order valence-electron chi connectivity index (χ3n) is 4.56. The molecule has 0 radical (unpaired) electrons. The van der Waals surface area contributed by atoms with Gasteiger partial charge in [-0.1, -0.05) is 30.0 Å². The Hall–Kier alpha value is -3.37. The highest BCUT2D eigenvalue weighted by Gasteiger charge is 2.24. The van der Waals surface area contributed by atoms with Crippen LogP contribution in [0.25, 0.3) is 11.1 Å². The molecule has 0 amide bonds. The monoisotopic (exact) mass is 422 g/mol. The maximum Gasteiger partial charge on any atom is 0.351 e. The van der Waals surface area contributed by atoms with Gasteiger partial charge in [0, 0.05) is 23.2 Å². The summed E-state index contributed by atoms with van der Waals surface area (Å²) in [6.07, 6.45) is 1.39. The van der Waals surface area contributed by atoms with Crippen molar-refractivity contribution in [2.45, 2.75) is 10.3 Å². The van der Waals surface area contributed by atoms with Crippen LogP contribution in [-0.2, 0) is 4.74 Å². The number of oxazole rings is 1. The Morgan fingerprint density at radius 3 is 2.97 bits per heavy atom. The van der Waals surface area contributed by atoms with Crippen LogP contribution in [0.5, 0.6) is 0 Å². The van der Waals surface area contributed by atoms with Gasteiger partial charge in [0.2, 0.25) is 11.9 Å². The lowest BCUT2D eigenvalue weighted by Gasteiger charge is -2.32. The van der Waals surface area contributed by atoms with Crippen molar-refractivity contribution in [1.29, 1.82) is 0 Å². The lowest BCUT2D eigenvalue weighted by atomic mass is 10.3. The minimum absolute atomic E-state index is 0.0747. The summed E-state index contributed by atoms with van der Waals surface area (Å²) in [6.45, 7) is 1.72. The molecule has 1 saturated heterocycles. The summed E-state index contributed by atoms with van der Waals surface area (Å²) in [5.41, 5.74) is 1.58. The predicted octanol–water partition coefficient (Wildman–Crippen LogP) is 3.00. The summed E-state index contributed by atoms with van der Waals surface area (Å²) in [5, 5.41) is 3.10. The topological polar surface area (TPSA) is 109 Å². The van der Waals surface area contributed by atoms with Crippen LogP contribution in [0.15, 0.2) is 69.0 Å². The van der Waals surface area contributed by atoms with E-state index in [1.54, 1.807) is 17.8 Å². The van der Waals surface area contributed by atoms with Gasteiger partial charge in [0.05, 0.1) is 13.2 Å². The van der Waals surface area contributed by atoms with Gasteiger partial charge in [-0.05, 0) is 24.3 Å². The Kier molecular flexibility index (Phi) is 5.08.